The zero-order valence-corrected chi connectivity index (χ0v) is 18.9. The number of hydrogen-bond donors (Lipinski definition) is 0. The lowest BCUT2D eigenvalue weighted by Crippen LogP contribution is -2.33. The van der Waals surface area contributed by atoms with Gasteiger partial charge in [-0.25, -0.2) is 4.98 Å². The first-order chi connectivity index (χ1) is 16.1. The van der Waals surface area contributed by atoms with Crippen molar-refractivity contribution < 1.29 is 9.47 Å². The molecule has 1 aromatic carbocycles. The molecular weight excluding hydrogens is 418 g/mol. The fourth-order valence-corrected chi connectivity index (χ4v) is 5.17. The fourth-order valence-electron chi connectivity index (χ4n) is 5.17. The lowest BCUT2D eigenvalue weighted by Gasteiger charge is -2.35. The van der Waals surface area contributed by atoms with Crippen molar-refractivity contribution in [1.82, 2.24) is 24.1 Å². The summed E-state index contributed by atoms with van der Waals surface area (Å²) < 4.78 is 15.1. The average Bonchev–Trinajstić information content (AvgIpc) is 3.13. The maximum absolute atomic E-state index is 13.4. The third-order valence-corrected chi connectivity index (χ3v) is 7.29. The van der Waals surface area contributed by atoms with E-state index in [1.54, 1.807) is 10.7 Å². The summed E-state index contributed by atoms with van der Waals surface area (Å²) in [4.78, 5) is 22.5. The van der Waals surface area contributed by atoms with E-state index in [0.29, 0.717) is 53.3 Å². The second-order valence-electron chi connectivity index (χ2n) is 9.28. The quantitative estimate of drug-likeness (QED) is 0.458. The Hall–Kier alpha value is -3.42. The standard InChI is InChI=1S/C25H27N5O3/c1-15-5-3-6-19(16(15)2)29-10-9-20-18(24(29)31)14-26-25-27-23(28-30(20)25)17-7-8-21-22(13-17)33-12-4-11-32-21/h7-10,13-16,19H,3-6,11-12H2,1-2H3. The van der Waals surface area contributed by atoms with E-state index in [0.717, 1.165) is 30.6 Å². The summed E-state index contributed by atoms with van der Waals surface area (Å²) in [6, 6.07) is 7.89. The fraction of sp³-hybridized carbons (Fsp3) is 0.440. The van der Waals surface area contributed by atoms with Gasteiger partial charge >= 0.3 is 0 Å². The van der Waals surface area contributed by atoms with Crippen LogP contribution in [0.4, 0.5) is 0 Å². The molecule has 170 valence electrons. The zero-order chi connectivity index (χ0) is 22.5. The van der Waals surface area contributed by atoms with Gasteiger partial charge in [0.15, 0.2) is 17.3 Å². The Balaban J connectivity index is 1.43. The first-order valence-corrected chi connectivity index (χ1v) is 11.8. The van der Waals surface area contributed by atoms with Crippen molar-refractivity contribution in [2.24, 2.45) is 11.8 Å². The maximum atomic E-state index is 13.4. The van der Waals surface area contributed by atoms with Gasteiger partial charge in [-0.2, -0.15) is 9.50 Å². The number of aromatic nitrogens is 5. The van der Waals surface area contributed by atoms with Gasteiger partial charge in [-0.15, -0.1) is 5.10 Å². The summed E-state index contributed by atoms with van der Waals surface area (Å²) >= 11 is 0. The highest BCUT2D eigenvalue weighted by Gasteiger charge is 2.29. The Kier molecular flexibility index (Phi) is 4.81. The topological polar surface area (TPSA) is 83.5 Å². The normalized spacial score (nSPS) is 23.0. The van der Waals surface area contributed by atoms with Crippen LogP contribution < -0.4 is 15.0 Å². The number of fused-ring (bicyclic) bond motifs is 4. The summed E-state index contributed by atoms with van der Waals surface area (Å²) in [5, 5.41) is 5.25. The van der Waals surface area contributed by atoms with Crippen LogP contribution in [0.25, 0.3) is 28.1 Å². The van der Waals surface area contributed by atoms with E-state index in [2.05, 4.69) is 23.8 Å². The Bertz CT molecular complexity index is 1410. The van der Waals surface area contributed by atoms with Gasteiger partial charge < -0.3 is 14.0 Å². The second-order valence-corrected chi connectivity index (χ2v) is 9.28. The van der Waals surface area contributed by atoms with Crippen LogP contribution in [0, 0.1) is 11.8 Å². The van der Waals surface area contributed by atoms with Crippen molar-refractivity contribution in [3.63, 3.8) is 0 Å². The van der Waals surface area contributed by atoms with Crippen molar-refractivity contribution >= 4 is 16.7 Å². The predicted molar refractivity (Wildman–Crippen MR) is 125 cm³/mol. The van der Waals surface area contributed by atoms with Gasteiger partial charge in [-0.3, -0.25) is 4.79 Å². The molecule has 33 heavy (non-hydrogen) atoms. The van der Waals surface area contributed by atoms with Crippen LogP contribution in [-0.2, 0) is 0 Å². The molecule has 6 rings (SSSR count). The Morgan fingerprint density at radius 3 is 2.76 bits per heavy atom. The summed E-state index contributed by atoms with van der Waals surface area (Å²) in [6.07, 6.45) is 7.81. The van der Waals surface area contributed by atoms with Crippen molar-refractivity contribution in [3.05, 3.63) is 47.0 Å². The molecule has 2 aliphatic rings. The van der Waals surface area contributed by atoms with Crippen LogP contribution in [0.2, 0.25) is 0 Å². The smallest absolute Gasteiger partial charge is 0.261 e. The van der Waals surface area contributed by atoms with Gasteiger partial charge in [0, 0.05) is 30.4 Å². The molecule has 0 N–H and O–H groups in total. The van der Waals surface area contributed by atoms with Crippen LogP contribution in [-0.4, -0.2) is 37.4 Å². The van der Waals surface area contributed by atoms with Gasteiger partial charge in [-0.05, 0) is 42.5 Å². The average molecular weight is 446 g/mol. The van der Waals surface area contributed by atoms with E-state index in [-0.39, 0.29) is 11.6 Å². The van der Waals surface area contributed by atoms with E-state index in [1.807, 2.05) is 35.0 Å². The zero-order valence-electron chi connectivity index (χ0n) is 18.9. The molecule has 0 radical (unpaired) electrons. The Morgan fingerprint density at radius 2 is 1.88 bits per heavy atom. The third kappa shape index (κ3) is 3.35. The molecule has 1 fully saturated rings. The minimum absolute atomic E-state index is 0.0134. The summed E-state index contributed by atoms with van der Waals surface area (Å²) in [7, 11) is 0. The van der Waals surface area contributed by atoms with E-state index >= 15 is 0 Å². The number of pyridine rings is 1. The van der Waals surface area contributed by atoms with Gasteiger partial charge in [0.25, 0.3) is 11.3 Å². The molecule has 0 spiro atoms. The molecule has 3 unspecified atom stereocenters. The highest BCUT2D eigenvalue weighted by molar-refractivity contribution is 5.79. The minimum Gasteiger partial charge on any atom is -0.490 e. The van der Waals surface area contributed by atoms with Crippen LogP contribution >= 0.6 is 0 Å². The highest BCUT2D eigenvalue weighted by Crippen LogP contribution is 2.37. The predicted octanol–water partition coefficient (Wildman–Crippen LogP) is 4.26. The van der Waals surface area contributed by atoms with Gasteiger partial charge in [0.2, 0.25) is 0 Å². The van der Waals surface area contributed by atoms with E-state index < -0.39 is 0 Å². The largest absolute Gasteiger partial charge is 0.490 e. The van der Waals surface area contributed by atoms with Crippen LogP contribution in [0.3, 0.4) is 0 Å². The van der Waals surface area contributed by atoms with E-state index in [1.165, 1.54) is 6.42 Å². The monoisotopic (exact) mass is 445 g/mol. The van der Waals surface area contributed by atoms with Crippen molar-refractivity contribution in [3.8, 4) is 22.9 Å². The van der Waals surface area contributed by atoms with E-state index in [4.69, 9.17) is 14.6 Å². The lowest BCUT2D eigenvalue weighted by atomic mass is 9.78. The van der Waals surface area contributed by atoms with Gasteiger partial charge in [0.1, 0.15) is 0 Å². The molecule has 4 aromatic rings. The number of rotatable bonds is 2. The Labute approximate surface area is 191 Å². The van der Waals surface area contributed by atoms with Crippen LogP contribution in [0.15, 0.2) is 41.5 Å². The number of ether oxygens (including phenoxy) is 2. The molecule has 3 aromatic heterocycles. The van der Waals surface area contributed by atoms with Crippen LogP contribution in [0.5, 0.6) is 11.5 Å². The van der Waals surface area contributed by atoms with Gasteiger partial charge in [-0.1, -0.05) is 26.7 Å². The summed E-state index contributed by atoms with van der Waals surface area (Å²) in [5.41, 5.74) is 1.52. The maximum Gasteiger partial charge on any atom is 0.261 e. The SMILES string of the molecule is CC1CCCC(n2ccc3c(cnc4nc(-c5ccc6c(c5)OCCCO6)nn43)c2=O)C1C. The summed E-state index contributed by atoms with van der Waals surface area (Å²) in [5.74, 6) is 3.49. The number of nitrogens with zero attached hydrogens (tertiary/aromatic N) is 5. The lowest BCUT2D eigenvalue weighted by molar-refractivity contribution is 0.183. The number of benzene rings is 1. The molecule has 1 aliphatic heterocycles. The number of hydrogen-bond acceptors (Lipinski definition) is 6. The molecule has 0 amide bonds. The van der Waals surface area contributed by atoms with Crippen molar-refractivity contribution in [2.75, 3.05) is 13.2 Å². The molecule has 0 saturated heterocycles. The van der Waals surface area contributed by atoms with Gasteiger partial charge in [0.05, 0.1) is 24.1 Å². The van der Waals surface area contributed by atoms with Crippen molar-refractivity contribution in [1.29, 1.82) is 0 Å². The molecule has 0 bridgehead atoms. The minimum atomic E-state index is -0.0134. The van der Waals surface area contributed by atoms with Crippen molar-refractivity contribution in [2.45, 2.75) is 45.6 Å². The molecular formula is C25H27N5O3. The van der Waals surface area contributed by atoms with Crippen LogP contribution in [0.1, 0.15) is 45.6 Å². The molecule has 1 aliphatic carbocycles. The summed E-state index contributed by atoms with van der Waals surface area (Å²) in [6.45, 7) is 5.80. The first kappa shape index (κ1) is 20.2. The second kappa shape index (κ2) is 7.86. The highest BCUT2D eigenvalue weighted by atomic mass is 16.5. The first-order valence-electron chi connectivity index (χ1n) is 11.8. The third-order valence-electron chi connectivity index (χ3n) is 7.29. The molecule has 1 saturated carbocycles. The molecule has 8 nitrogen and oxygen atoms in total. The molecule has 8 heteroatoms. The molecule has 3 atom stereocenters. The van der Waals surface area contributed by atoms with E-state index in [9.17, 15) is 4.79 Å². The Morgan fingerprint density at radius 1 is 1.03 bits per heavy atom. The molecule has 4 heterocycles.